The Hall–Kier alpha value is -1.74. The van der Waals surface area contributed by atoms with Gasteiger partial charge in [-0.3, -0.25) is 4.79 Å². The SMILES string of the molecule is CC#CCCNC(=O)N1CCC(OCCC(=O)O)CC1. The van der Waals surface area contributed by atoms with Gasteiger partial charge in [0.1, 0.15) is 0 Å². The van der Waals surface area contributed by atoms with E-state index in [1.165, 1.54) is 0 Å². The second-order valence-electron chi connectivity index (χ2n) is 4.61. The molecule has 2 amide bonds. The lowest BCUT2D eigenvalue weighted by Gasteiger charge is -2.31. The van der Waals surface area contributed by atoms with Crippen LogP contribution < -0.4 is 5.32 Å². The van der Waals surface area contributed by atoms with Crippen molar-refractivity contribution in [3.63, 3.8) is 0 Å². The largest absolute Gasteiger partial charge is 0.481 e. The topological polar surface area (TPSA) is 78.9 Å². The van der Waals surface area contributed by atoms with E-state index in [1.807, 2.05) is 0 Å². The first-order chi connectivity index (χ1) is 9.63. The molecular weight excluding hydrogens is 260 g/mol. The smallest absolute Gasteiger partial charge is 0.317 e. The lowest BCUT2D eigenvalue weighted by Crippen LogP contribution is -2.46. The number of urea groups is 1. The van der Waals surface area contributed by atoms with Gasteiger partial charge in [-0.2, -0.15) is 0 Å². The Balaban J connectivity index is 2.15. The van der Waals surface area contributed by atoms with E-state index < -0.39 is 5.97 Å². The van der Waals surface area contributed by atoms with E-state index in [2.05, 4.69) is 17.2 Å². The first-order valence-corrected chi connectivity index (χ1v) is 6.89. The number of carboxylic acid groups (broad SMARTS) is 1. The zero-order valence-corrected chi connectivity index (χ0v) is 11.9. The number of carbonyl (C=O) groups excluding carboxylic acids is 1. The molecule has 0 unspecified atom stereocenters. The molecule has 2 N–H and O–H groups in total. The van der Waals surface area contributed by atoms with E-state index in [9.17, 15) is 9.59 Å². The second-order valence-corrected chi connectivity index (χ2v) is 4.61. The van der Waals surface area contributed by atoms with Crippen LogP contribution in [0.2, 0.25) is 0 Å². The van der Waals surface area contributed by atoms with Crippen molar-refractivity contribution in [2.45, 2.75) is 38.7 Å². The predicted octanol–water partition coefficient (Wildman–Crippen LogP) is 1.07. The van der Waals surface area contributed by atoms with Crippen LogP contribution in [0.3, 0.4) is 0 Å². The highest BCUT2D eigenvalue weighted by Gasteiger charge is 2.22. The zero-order chi connectivity index (χ0) is 14.8. The summed E-state index contributed by atoms with van der Waals surface area (Å²) < 4.78 is 5.48. The minimum absolute atomic E-state index is 0.0269. The molecule has 1 rings (SSSR count). The maximum absolute atomic E-state index is 11.8. The van der Waals surface area contributed by atoms with Crippen molar-refractivity contribution in [2.24, 2.45) is 0 Å². The molecule has 0 saturated carbocycles. The average Bonchev–Trinajstić information content (AvgIpc) is 2.44. The summed E-state index contributed by atoms with van der Waals surface area (Å²) in [7, 11) is 0. The van der Waals surface area contributed by atoms with Crippen LogP contribution in [0, 0.1) is 11.8 Å². The van der Waals surface area contributed by atoms with Gasteiger partial charge in [0.05, 0.1) is 19.1 Å². The van der Waals surface area contributed by atoms with Crippen molar-refractivity contribution in [3.05, 3.63) is 0 Å². The number of nitrogens with zero attached hydrogens (tertiary/aromatic N) is 1. The Kier molecular flexibility index (Phi) is 7.51. The molecule has 0 spiro atoms. The lowest BCUT2D eigenvalue weighted by atomic mass is 10.1. The molecule has 0 aliphatic carbocycles. The van der Waals surface area contributed by atoms with Crippen LogP contribution in [0.15, 0.2) is 0 Å². The van der Waals surface area contributed by atoms with Gasteiger partial charge in [-0.15, -0.1) is 11.8 Å². The molecule has 0 aromatic carbocycles. The molecule has 6 nitrogen and oxygen atoms in total. The van der Waals surface area contributed by atoms with E-state index in [0.717, 1.165) is 12.8 Å². The van der Waals surface area contributed by atoms with Gasteiger partial charge in [-0.25, -0.2) is 4.79 Å². The zero-order valence-electron chi connectivity index (χ0n) is 11.9. The maximum atomic E-state index is 11.8. The number of amides is 2. The molecule has 112 valence electrons. The number of aliphatic carboxylic acids is 1. The quantitative estimate of drug-likeness (QED) is 0.564. The van der Waals surface area contributed by atoms with Crippen molar-refractivity contribution >= 4 is 12.0 Å². The van der Waals surface area contributed by atoms with Crippen LogP contribution in [0.1, 0.15) is 32.6 Å². The summed E-state index contributed by atoms with van der Waals surface area (Å²) in [5.74, 6) is 4.83. The molecule has 1 aliphatic heterocycles. The summed E-state index contributed by atoms with van der Waals surface area (Å²) in [4.78, 5) is 24.0. The van der Waals surface area contributed by atoms with Crippen LogP contribution >= 0.6 is 0 Å². The number of hydrogen-bond donors (Lipinski definition) is 2. The molecule has 20 heavy (non-hydrogen) atoms. The van der Waals surface area contributed by atoms with Gasteiger partial charge >= 0.3 is 12.0 Å². The van der Waals surface area contributed by atoms with Gasteiger partial charge < -0.3 is 20.1 Å². The van der Waals surface area contributed by atoms with Crippen molar-refractivity contribution < 1.29 is 19.4 Å². The summed E-state index contributed by atoms with van der Waals surface area (Å²) in [6, 6.07) is -0.0631. The third-order valence-corrected chi connectivity index (χ3v) is 3.10. The average molecular weight is 282 g/mol. The molecule has 1 fully saturated rings. The molecule has 0 bridgehead atoms. The summed E-state index contributed by atoms with van der Waals surface area (Å²) in [5.41, 5.74) is 0. The molecular formula is C14H22N2O4. The molecule has 0 aromatic heterocycles. The Morgan fingerprint density at radius 2 is 2.10 bits per heavy atom. The predicted molar refractivity (Wildman–Crippen MR) is 74.3 cm³/mol. The molecule has 1 saturated heterocycles. The number of rotatable bonds is 6. The van der Waals surface area contributed by atoms with Crippen LogP contribution in [-0.2, 0) is 9.53 Å². The Labute approximate surface area is 119 Å². The number of hydrogen-bond acceptors (Lipinski definition) is 3. The van der Waals surface area contributed by atoms with Gasteiger partial charge in [0.15, 0.2) is 0 Å². The number of ether oxygens (including phenoxy) is 1. The highest BCUT2D eigenvalue weighted by molar-refractivity contribution is 5.74. The number of piperidine rings is 1. The minimum atomic E-state index is -0.850. The van der Waals surface area contributed by atoms with Gasteiger partial charge in [-0.05, 0) is 19.8 Å². The summed E-state index contributed by atoms with van der Waals surface area (Å²) >= 11 is 0. The maximum Gasteiger partial charge on any atom is 0.317 e. The molecule has 0 aromatic rings. The standard InChI is InChI=1S/C14H22N2O4/c1-2-3-4-8-15-14(19)16-9-5-12(6-10-16)20-11-7-13(17)18/h12H,4-11H2,1H3,(H,15,19)(H,17,18). The number of nitrogens with one attached hydrogen (secondary N) is 1. The van der Waals surface area contributed by atoms with Crippen LogP contribution in [0.4, 0.5) is 4.79 Å². The van der Waals surface area contributed by atoms with Crippen LogP contribution in [0.5, 0.6) is 0 Å². The van der Waals surface area contributed by atoms with Crippen LogP contribution in [-0.4, -0.2) is 54.4 Å². The van der Waals surface area contributed by atoms with Gasteiger partial charge in [-0.1, -0.05) is 0 Å². The van der Waals surface area contributed by atoms with Crippen molar-refractivity contribution in [1.29, 1.82) is 0 Å². The van der Waals surface area contributed by atoms with E-state index >= 15 is 0 Å². The lowest BCUT2D eigenvalue weighted by molar-refractivity contribution is -0.138. The van der Waals surface area contributed by atoms with Crippen molar-refractivity contribution in [2.75, 3.05) is 26.2 Å². The van der Waals surface area contributed by atoms with Gasteiger partial charge in [0.25, 0.3) is 0 Å². The van der Waals surface area contributed by atoms with Gasteiger partial charge in [0, 0.05) is 26.1 Å². The van der Waals surface area contributed by atoms with Crippen molar-refractivity contribution in [3.8, 4) is 11.8 Å². The fourth-order valence-corrected chi connectivity index (χ4v) is 2.01. The number of likely N-dealkylation sites (tertiary alicyclic amines) is 1. The highest BCUT2D eigenvalue weighted by Crippen LogP contribution is 2.13. The molecule has 6 heteroatoms. The van der Waals surface area contributed by atoms with E-state index in [4.69, 9.17) is 9.84 Å². The first kappa shape index (κ1) is 16.3. The van der Waals surface area contributed by atoms with E-state index in [0.29, 0.717) is 26.1 Å². The number of carbonyl (C=O) groups is 2. The summed E-state index contributed by atoms with van der Waals surface area (Å²) in [6.07, 6.45) is 2.25. The second kappa shape index (κ2) is 9.21. The third kappa shape index (κ3) is 6.43. The minimum Gasteiger partial charge on any atom is -0.481 e. The Bertz CT molecular complexity index is 378. The molecule has 1 heterocycles. The molecule has 0 atom stereocenters. The molecule has 0 radical (unpaired) electrons. The van der Waals surface area contributed by atoms with Crippen molar-refractivity contribution in [1.82, 2.24) is 10.2 Å². The summed E-state index contributed by atoms with van der Waals surface area (Å²) in [5, 5.41) is 11.4. The third-order valence-electron chi connectivity index (χ3n) is 3.10. The monoisotopic (exact) mass is 282 g/mol. The van der Waals surface area contributed by atoms with Crippen LogP contribution in [0.25, 0.3) is 0 Å². The van der Waals surface area contributed by atoms with E-state index in [1.54, 1.807) is 11.8 Å². The normalized spacial score (nSPS) is 15.3. The van der Waals surface area contributed by atoms with E-state index in [-0.39, 0.29) is 25.2 Å². The van der Waals surface area contributed by atoms with Gasteiger partial charge in [0.2, 0.25) is 0 Å². The number of carboxylic acids is 1. The Morgan fingerprint density at radius 3 is 2.70 bits per heavy atom. The fourth-order valence-electron chi connectivity index (χ4n) is 2.01. The Morgan fingerprint density at radius 1 is 1.40 bits per heavy atom. The summed E-state index contributed by atoms with van der Waals surface area (Å²) in [6.45, 7) is 3.86. The first-order valence-electron chi connectivity index (χ1n) is 6.89. The fraction of sp³-hybridized carbons (Fsp3) is 0.714. The molecule has 1 aliphatic rings. The highest BCUT2D eigenvalue weighted by atomic mass is 16.5.